The molecule has 1 aromatic heterocycles. The van der Waals surface area contributed by atoms with Crippen LogP contribution in [0.2, 0.25) is 0 Å². The SMILES string of the molecule is CCNC(=NCc1ccc(F)cc1CSC)NCc1cccs1.I. The number of hydrogen-bond donors (Lipinski definition) is 2. The maximum atomic E-state index is 13.4. The summed E-state index contributed by atoms with van der Waals surface area (Å²) in [5, 5.41) is 8.63. The molecular weight excluding hydrogens is 456 g/mol. The highest BCUT2D eigenvalue weighted by atomic mass is 127. The van der Waals surface area contributed by atoms with Crippen LogP contribution in [-0.4, -0.2) is 18.8 Å². The number of halogens is 2. The van der Waals surface area contributed by atoms with Crippen LogP contribution in [0.4, 0.5) is 4.39 Å². The molecule has 0 saturated heterocycles. The Hall–Kier alpha value is -0.800. The molecule has 0 fully saturated rings. The Morgan fingerprint density at radius 3 is 2.75 bits per heavy atom. The van der Waals surface area contributed by atoms with Crippen LogP contribution in [0.1, 0.15) is 22.9 Å². The van der Waals surface area contributed by atoms with Gasteiger partial charge in [-0.15, -0.1) is 35.3 Å². The quantitative estimate of drug-likeness (QED) is 0.346. The number of nitrogens with one attached hydrogen (secondary N) is 2. The fraction of sp³-hybridized carbons (Fsp3) is 0.353. The predicted octanol–water partition coefficient (Wildman–Crippen LogP) is 4.62. The number of thiophene rings is 1. The molecule has 0 radical (unpaired) electrons. The van der Waals surface area contributed by atoms with Crippen molar-refractivity contribution < 1.29 is 4.39 Å². The van der Waals surface area contributed by atoms with E-state index in [0.29, 0.717) is 6.54 Å². The molecule has 3 nitrogen and oxygen atoms in total. The first-order chi connectivity index (χ1) is 11.2. The summed E-state index contributed by atoms with van der Waals surface area (Å²) < 4.78 is 13.4. The van der Waals surface area contributed by atoms with E-state index in [4.69, 9.17) is 0 Å². The van der Waals surface area contributed by atoms with Crippen molar-refractivity contribution in [2.24, 2.45) is 4.99 Å². The molecule has 2 N–H and O–H groups in total. The van der Waals surface area contributed by atoms with Gasteiger partial charge in [0.1, 0.15) is 5.82 Å². The van der Waals surface area contributed by atoms with Crippen LogP contribution >= 0.6 is 47.1 Å². The number of guanidine groups is 1. The second-order valence-electron chi connectivity index (χ2n) is 4.97. The summed E-state index contributed by atoms with van der Waals surface area (Å²) in [4.78, 5) is 5.89. The van der Waals surface area contributed by atoms with Crippen LogP contribution in [0, 0.1) is 5.82 Å². The van der Waals surface area contributed by atoms with Gasteiger partial charge < -0.3 is 10.6 Å². The number of aliphatic imine (C=N–C) groups is 1. The zero-order valence-electron chi connectivity index (χ0n) is 13.8. The molecule has 132 valence electrons. The van der Waals surface area contributed by atoms with Gasteiger partial charge in [0.15, 0.2) is 5.96 Å². The maximum Gasteiger partial charge on any atom is 0.191 e. The van der Waals surface area contributed by atoms with E-state index in [0.717, 1.165) is 35.9 Å². The summed E-state index contributed by atoms with van der Waals surface area (Å²) in [7, 11) is 0. The van der Waals surface area contributed by atoms with Crippen LogP contribution in [0.3, 0.4) is 0 Å². The van der Waals surface area contributed by atoms with Gasteiger partial charge in [-0.2, -0.15) is 11.8 Å². The zero-order chi connectivity index (χ0) is 16.5. The van der Waals surface area contributed by atoms with Crippen molar-refractivity contribution in [3.05, 3.63) is 57.5 Å². The van der Waals surface area contributed by atoms with E-state index in [1.807, 2.05) is 25.3 Å². The largest absolute Gasteiger partial charge is 0.357 e. The zero-order valence-corrected chi connectivity index (χ0v) is 17.8. The second kappa shape index (κ2) is 11.7. The van der Waals surface area contributed by atoms with Gasteiger partial charge in [-0.3, -0.25) is 0 Å². The Morgan fingerprint density at radius 1 is 1.25 bits per heavy atom. The predicted molar refractivity (Wildman–Crippen MR) is 115 cm³/mol. The summed E-state index contributed by atoms with van der Waals surface area (Å²) in [6, 6.07) is 9.07. The first-order valence-corrected chi connectivity index (χ1v) is 9.81. The van der Waals surface area contributed by atoms with Gasteiger partial charge in [-0.05, 0) is 47.9 Å². The van der Waals surface area contributed by atoms with Crippen LogP contribution in [0.5, 0.6) is 0 Å². The average Bonchev–Trinajstić information content (AvgIpc) is 3.05. The summed E-state index contributed by atoms with van der Waals surface area (Å²) in [6.07, 6.45) is 2.02. The van der Waals surface area contributed by atoms with Crippen LogP contribution in [0.25, 0.3) is 0 Å². The first-order valence-electron chi connectivity index (χ1n) is 7.53. The Kier molecular flexibility index (Phi) is 10.4. The normalized spacial score (nSPS) is 11.0. The van der Waals surface area contributed by atoms with Gasteiger partial charge in [0, 0.05) is 17.2 Å². The highest BCUT2D eigenvalue weighted by Gasteiger charge is 2.05. The van der Waals surface area contributed by atoms with Gasteiger partial charge in [0.25, 0.3) is 0 Å². The van der Waals surface area contributed by atoms with Crippen LogP contribution in [0.15, 0.2) is 40.7 Å². The standard InChI is InChI=1S/C17H22FN3S2.HI/c1-3-19-17(21-11-16-5-4-8-23-16)20-10-13-6-7-15(18)9-14(13)12-22-2;/h4-9H,3,10-12H2,1-2H3,(H2,19,20,21);1H. The number of benzene rings is 1. The molecule has 1 aromatic carbocycles. The number of hydrogen-bond acceptors (Lipinski definition) is 3. The molecule has 0 unspecified atom stereocenters. The number of rotatable bonds is 7. The lowest BCUT2D eigenvalue weighted by Crippen LogP contribution is -2.36. The summed E-state index contributed by atoms with van der Waals surface area (Å²) in [5.74, 6) is 1.38. The highest BCUT2D eigenvalue weighted by Crippen LogP contribution is 2.17. The van der Waals surface area contributed by atoms with Crippen molar-refractivity contribution in [2.45, 2.75) is 25.8 Å². The lowest BCUT2D eigenvalue weighted by molar-refractivity contribution is 0.625. The average molecular weight is 479 g/mol. The minimum absolute atomic E-state index is 0. The van der Waals surface area contributed by atoms with Gasteiger partial charge >= 0.3 is 0 Å². The molecule has 0 spiro atoms. The number of nitrogens with zero attached hydrogens (tertiary/aromatic N) is 1. The maximum absolute atomic E-state index is 13.4. The molecule has 0 aliphatic carbocycles. The molecule has 0 aliphatic rings. The van der Waals surface area contributed by atoms with Crippen molar-refractivity contribution in [3.8, 4) is 0 Å². The molecule has 7 heteroatoms. The van der Waals surface area contributed by atoms with E-state index in [1.54, 1.807) is 29.2 Å². The topological polar surface area (TPSA) is 36.4 Å². The van der Waals surface area contributed by atoms with E-state index in [1.165, 1.54) is 10.9 Å². The van der Waals surface area contributed by atoms with E-state index in [-0.39, 0.29) is 29.8 Å². The molecule has 0 atom stereocenters. The van der Waals surface area contributed by atoms with E-state index in [2.05, 4.69) is 27.1 Å². The lowest BCUT2D eigenvalue weighted by atomic mass is 10.1. The van der Waals surface area contributed by atoms with Gasteiger partial charge in [-0.1, -0.05) is 12.1 Å². The Morgan fingerprint density at radius 2 is 2.08 bits per heavy atom. The van der Waals surface area contributed by atoms with Crippen molar-refractivity contribution in [3.63, 3.8) is 0 Å². The third kappa shape index (κ3) is 6.98. The molecule has 0 bridgehead atoms. The monoisotopic (exact) mass is 479 g/mol. The smallest absolute Gasteiger partial charge is 0.191 e. The Balaban J connectivity index is 0.00000288. The fourth-order valence-electron chi connectivity index (χ4n) is 2.13. The van der Waals surface area contributed by atoms with Crippen molar-refractivity contribution in [1.29, 1.82) is 0 Å². The highest BCUT2D eigenvalue weighted by molar-refractivity contribution is 14.0. The fourth-order valence-corrected chi connectivity index (χ4v) is 3.35. The summed E-state index contributed by atoms with van der Waals surface area (Å²) >= 11 is 3.40. The molecular formula is C17H23FIN3S2. The third-order valence-electron chi connectivity index (χ3n) is 3.23. The van der Waals surface area contributed by atoms with Crippen molar-refractivity contribution >= 4 is 53.0 Å². The van der Waals surface area contributed by atoms with Gasteiger partial charge in [0.2, 0.25) is 0 Å². The molecule has 0 aliphatic heterocycles. The minimum Gasteiger partial charge on any atom is -0.357 e. The number of thioether (sulfide) groups is 1. The Labute approximate surface area is 168 Å². The van der Waals surface area contributed by atoms with E-state index in [9.17, 15) is 4.39 Å². The van der Waals surface area contributed by atoms with Gasteiger partial charge in [0.05, 0.1) is 13.1 Å². The van der Waals surface area contributed by atoms with Crippen molar-refractivity contribution in [2.75, 3.05) is 12.8 Å². The molecule has 1 heterocycles. The molecule has 0 saturated carbocycles. The van der Waals surface area contributed by atoms with E-state index >= 15 is 0 Å². The Bertz CT molecular complexity index is 633. The molecule has 24 heavy (non-hydrogen) atoms. The molecule has 0 amide bonds. The second-order valence-corrected chi connectivity index (χ2v) is 6.87. The third-order valence-corrected chi connectivity index (χ3v) is 4.71. The van der Waals surface area contributed by atoms with Crippen LogP contribution < -0.4 is 10.6 Å². The van der Waals surface area contributed by atoms with E-state index < -0.39 is 0 Å². The molecule has 2 rings (SSSR count). The molecule has 2 aromatic rings. The summed E-state index contributed by atoms with van der Waals surface area (Å²) in [6.45, 7) is 4.14. The van der Waals surface area contributed by atoms with Gasteiger partial charge in [-0.25, -0.2) is 9.38 Å². The first kappa shape index (κ1) is 21.2. The minimum atomic E-state index is -0.190. The lowest BCUT2D eigenvalue weighted by Gasteiger charge is -2.12. The van der Waals surface area contributed by atoms with Crippen molar-refractivity contribution in [1.82, 2.24) is 10.6 Å². The van der Waals surface area contributed by atoms with Crippen LogP contribution in [-0.2, 0) is 18.8 Å². The summed E-state index contributed by atoms with van der Waals surface area (Å²) in [5.41, 5.74) is 2.07.